The maximum atomic E-state index is 10.2. The fourth-order valence-electron chi connectivity index (χ4n) is 2.68. The van der Waals surface area contributed by atoms with Crippen molar-refractivity contribution in [2.45, 2.75) is 25.4 Å². The van der Waals surface area contributed by atoms with Gasteiger partial charge in [0.15, 0.2) is 5.82 Å². The molecule has 94 valence electrons. The molecule has 1 aliphatic rings. The minimum atomic E-state index is -0.534. The Morgan fingerprint density at radius 1 is 1.33 bits per heavy atom. The Balaban J connectivity index is 1.89. The number of β-amino-alcohol motifs (C(OH)–C–C–N with tert-alkyl or cyclic N) is 1. The summed E-state index contributed by atoms with van der Waals surface area (Å²) >= 11 is 0. The first kappa shape index (κ1) is 11.4. The number of aromatic nitrogens is 2. The van der Waals surface area contributed by atoms with E-state index in [-0.39, 0.29) is 0 Å². The van der Waals surface area contributed by atoms with E-state index in [9.17, 15) is 5.11 Å². The molecule has 0 amide bonds. The Labute approximate surface area is 106 Å². The molecule has 18 heavy (non-hydrogen) atoms. The number of aliphatic hydroxyl groups is 1. The highest BCUT2D eigenvalue weighted by Crippen LogP contribution is 2.33. The van der Waals surface area contributed by atoms with E-state index in [1.54, 1.807) is 6.20 Å². The zero-order chi connectivity index (χ0) is 12.6. The van der Waals surface area contributed by atoms with Crippen molar-refractivity contribution in [3.05, 3.63) is 30.5 Å². The second-order valence-corrected chi connectivity index (χ2v) is 5.09. The van der Waals surface area contributed by atoms with E-state index in [4.69, 9.17) is 0 Å². The van der Waals surface area contributed by atoms with Crippen LogP contribution < -0.4 is 4.90 Å². The molecule has 0 unspecified atom stereocenters. The topological polar surface area (TPSA) is 49.2 Å². The summed E-state index contributed by atoms with van der Waals surface area (Å²) in [7, 11) is 0. The Bertz CT molecular complexity index is 558. The predicted molar refractivity (Wildman–Crippen MR) is 71.6 cm³/mol. The van der Waals surface area contributed by atoms with Crippen LogP contribution in [0.4, 0.5) is 5.82 Å². The molecule has 4 nitrogen and oxygen atoms in total. The standard InChI is InChI=1S/C14H17N3O/c1-2-7-14(18)9-17(10-14)13-12-6-4-3-5-11(12)8-15-16-13/h3-6,8,18H,2,7,9-10H2,1H3. The normalized spacial score (nSPS) is 17.8. The van der Waals surface area contributed by atoms with Crippen LogP contribution >= 0.6 is 0 Å². The maximum absolute atomic E-state index is 10.2. The second kappa shape index (κ2) is 4.21. The molecule has 1 aromatic heterocycles. The fourth-order valence-corrected chi connectivity index (χ4v) is 2.68. The van der Waals surface area contributed by atoms with Gasteiger partial charge >= 0.3 is 0 Å². The summed E-state index contributed by atoms with van der Waals surface area (Å²) in [6.07, 6.45) is 3.63. The first-order chi connectivity index (χ1) is 8.72. The smallest absolute Gasteiger partial charge is 0.159 e. The van der Waals surface area contributed by atoms with E-state index < -0.39 is 5.60 Å². The molecular weight excluding hydrogens is 226 g/mol. The van der Waals surface area contributed by atoms with Gasteiger partial charge in [-0.25, -0.2) is 0 Å². The molecule has 2 aromatic rings. The van der Waals surface area contributed by atoms with Gasteiger partial charge in [-0.05, 0) is 6.42 Å². The summed E-state index contributed by atoms with van der Waals surface area (Å²) in [6, 6.07) is 8.09. The third-order valence-corrected chi connectivity index (χ3v) is 3.54. The summed E-state index contributed by atoms with van der Waals surface area (Å²) in [5.41, 5.74) is -0.534. The van der Waals surface area contributed by atoms with Crippen LogP contribution in [0.2, 0.25) is 0 Å². The molecule has 1 fully saturated rings. The van der Waals surface area contributed by atoms with Crippen molar-refractivity contribution in [1.29, 1.82) is 0 Å². The third kappa shape index (κ3) is 1.82. The minimum absolute atomic E-state index is 0.534. The van der Waals surface area contributed by atoms with Crippen LogP contribution in [0.15, 0.2) is 30.5 Å². The van der Waals surface area contributed by atoms with Gasteiger partial charge in [0, 0.05) is 10.8 Å². The predicted octanol–water partition coefficient (Wildman–Crippen LogP) is 1.98. The van der Waals surface area contributed by atoms with Gasteiger partial charge < -0.3 is 10.0 Å². The van der Waals surface area contributed by atoms with Crippen LogP contribution in [0.5, 0.6) is 0 Å². The van der Waals surface area contributed by atoms with Gasteiger partial charge in [-0.15, -0.1) is 5.10 Å². The van der Waals surface area contributed by atoms with Crippen LogP contribution in [-0.4, -0.2) is 34.0 Å². The molecule has 1 aromatic carbocycles. The van der Waals surface area contributed by atoms with Gasteiger partial charge in [-0.3, -0.25) is 0 Å². The lowest BCUT2D eigenvalue weighted by molar-refractivity contribution is 0.00304. The number of benzene rings is 1. The van der Waals surface area contributed by atoms with Crippen molar-refractivity contribution in [3.63, 3.8) is 0 Å². The molecule has 0 atom stereocenters. The average molecular weight is 243 g/mol. The van der Waals surface area contributed by atoms with Gasteiger partial charge in [-0.2, -0.15) is 5.10 Å². The monoisotopic (exact) mass is 243 g/mol. The highest BCUT2D eigenvalue weighted by atomic mass is 16.3. The highest BCUT2D eigenvalue weighted by Gasteiger charge is 2.41. The van der Waals surface area contributed by atoms with Gasteiger partial charge in [0.1, 0.15) is 0 Å². The Morgan fingerprint density at radius 3 is 2.89 bits per heavy atom. The Kier molecular flexibility index (Phi) is 2.67. The van der Waals surface area contributed by atoms with Gasteiger partial charge in [0.2, 0.25) is 0 Å². The molecule has 0 saturated carbocycles. The van der Waals surface area contributed by atoms with Crippen LogP contribution in [0.3, 0.4) is 0 Å². The van der Waals surface area contributed by atoms with Crippen LogP contribution in [0.1, 0.15) is 19.8 Å². The van der Waals surface area contributed by atoms with Crippen molar-refractivity contribution < 1.29 is 5.11 Å². The molecule has 1 aliphatic heterocycles. The summed E-state index contributed by atoms with van der Waals surface area (Å²) in [4.78, 5) is 2.10. The molecule has 1 saturated heterocycles. The Morgan fingerprint density at radius 2 is 2.11 bits per heavy atom. The van der Waals surface area contributed by atoms with E-state index in [0.29, 0.717) is 13.1 Å². The lowest BCUT2D eigenvalue weighted by Gasteiger charge is -2.47. The van der Waals surface area contributed by atoms with E-state index in [0.717, 1.165) is 29.4 Å². The molecule has 0 bridgehead atoms. The third-order valence-electron chi connectivity index (χ3n) is 3.54. The van der Waals surface area contributed by atoms with E-state index >= 15 is 0 Å². The van der Waals surface area contributed by atoms with Gasteiger partial charge in [0.05, 0.1) is 24.9 Å². The van der Waals surface area contributed by atoms with E-state index in [1.165, 1.54) is 0 Å². The van der Waals surface area contributed by atoms with Crippen LogP contribution in [0.25, 0.3) is 10.8 Å². The average Bonchev–Trinajstić information content (AvgIpc) is 2.35. The van der Waals surface area contributed by atoms with Crippen molar-refractivity contribution >= 4 is 16.6 Å². The zero-order valence-electron chi connectivity index (χ0n) is 10.5. The van der Waals surface area contributed by atoms with E-state index in [2.05, 4.69) is 28.1 Å². The van der Waals surface area contributed by atoms with Gasteiger partial charge in [0.25, 0.3) is 0 Å². The first-order valence-electron chi connectivity index (χ1n) is 6.40. The lowest BCUT2D eigenvalue weighted by Crippen LogP contribution is -2.62. The van der Waals surface area contributed by atoms with Crippen molar-refractivity contribution in [2.75, 3.05) is 18.0 Å². The Hall–Kier alpha value is -1.68. The lowest BCUT2D eigenvalue weighted by atomic mass is 9.89. The molecular formula is C14H17N3O. The maximum Gasteiger partial charge on any atom is 0.159 e. The number of nitrogens with zero attached hydrogens (tertiary/aromatic N) is 3. The van der Waals surface area contributed by atoms with Crippen molar-refractivity contribution in [2.24, 2.45) is 0 Å². The van der Waals surface area contributed by atoms with Gasteiger partial charge in [-0.1, -0.05) is 37.6 Å². The molecule has 0 radical (unpaired) electrons. The molecule has 0 spiro atoms. The number of hydrogen-bond donors (Lipinski definition) is 1. The van der Waals surface area contributed by atoms with Crippen LogP contribution in [-0.2, 0) is 0 Å². The molecule has 2 heterocycles. The number of fused-ring (bicyclic) bond motifs is 1. The zero-order valence-corrected chi connectivity index (χ0v) is 10.5. The van der Waals surface area contributed by atoms with Crippen molar-refractivity contribution in [3.8, 4) is 0 Å². The second-order valence-electron chi connectivity index (χ2n) is 5.09. The molecule has 3 rings (SSSR count). The molecule has 4 heteroatoms. The highest BCUT2D eigenvalue weighted by molar-refractivity contribution is 5.91. The quantitative estimate of drug-likeness (QED) is 0.895. The largest absolute Gasteiger partial charge is 0.386 e. The number of anilines is 1. The summed E-state index contributed by atoms with van der Waals surface area (Å²) in [5, 5.41) is 20.7. The van der Waals surface area contributed by atoms with Crippen molar-refractivity contribution in [1.82, 2.24) is 10.2 Å². The molecule has 1 N–H and O–H groups in total. The fraction of sp³-hybridized carbons (Fsp3) is 0.429. The number of rotatable bonds is 3. The first-order valence-corrected chi connectivity index (χ1v) is 6.40. The summed E-state index contributed by atoms with van der Waals surface area (Å²) < 4.78 is 0. The number of hydrogen-bond acceptors (Lipinski definition) is 4. The van der Waals surface area contributed by atoms with E-state index in [1.807, 2.05) is 18.2 Å². The summed E-state index contributed by atoms with van der Waals surface area (Å²) in [6.45, 7) is 3.41. The minimum Gasteiger partial charge on any atom is -0.386 e. The molecule has 0 aliphatic carbocycles. The van der Waals surface area contributed by atoms with Crippen LogP contribution in [0, 0.1) is 0 Å². The summed E-state index contributed by atoms with van der Waals surface area (Å²) in [5.74, 6) is 0.883. The SMILES string of the molecule is CCCC1(O)CN(c2nncc3ccccc23)C1.